The summed E-state index contributed by atoms with van der Waals surface area (Å²) in [6.45, 7) is 3.97. The molecule has 1 rings (SSSR count). The minimum Gasteiger partial charge on any atom is -0.339 e. The van der Waals surface area contributed by atoms with E-state index in [9.17, 15) is 4.79 Å². The zero-order valence-corrected chi connectivity index (χ0v) is 8.24. The predicted molar refractivity (Wildman–Crippen MR) is 47.1 cm³/mol. The van der Waals surface area contributed by atoms with Gasteiger partial charge in [-0.3, -0.25) is 9.63 Å². The van der Waals surface area contributed by atoms with E-state index in [1.54, 1.807) is 13.8 Å². The largest absolute Gasteiger partial charge is 0.339 e. The number of carbonyl (C=O) groups excluding carboxylic acids is 1. The molecule has 1 aromatic heterocycles. The highest BCUT2D eigenvalue weighted by molar-refractivity contribution is 5.74. The average molecular weight is 199 g/mol. The lowest BCUT2D eigenvalue weighted by Crippen LogP contribution is -2.23. The summed E-state index contributed by atoms with van der Waals surface area (Å²) in [5.74, 6) is 0.849. The van der Waals surface area contributed by atoms with E-state index in [0.717, 1.165) is 0 Å². The van der Waals surface area contributed by atoms with E-state index in [-0.39, 0.29) is 12.3 Å². The van der Waals surface area contributed by atoms with Crippen molar-refractivity contribution < 1.29 is 14.2 Å². The van der Waals surface area contributed by atoms with Crippen molar-refractivity contribution in [3.05, 3.63) is 11.7 Å². The Hall–Kier alpha value is -1.43. The summed E-state index contributed by atoms with van der Waals surface area (Å²) in [4.78, 5) is 19.7. The lowest BCUT2D eigenvalue weighted by atomic mass is 10.3. The van der Waals surface area contributed by atoms with Gasteiger partial charge >= 0.3 is 0 Å². The second-order valence-corrected chi connectivity index (χ2v) is 2.69. The molecule has 6 nitrogen and oxygen atoms in total. The van der Waals surface area contributed by atoms with Crippen molar-refractivity contribution in [2.45, 2.75) is 26.7 Å². The maximum atomic E-state index is 11.1. The molecule has 0 aliphatic heterocycles. The fourth-order valence-corrected chi connectivity index (χ4v) is 0.866. The Morgan fingerprint density at radius 2 is 2.43 bits per heavy atom. The number of hydrogen-bond donors (Lipinski definition) is 1. The molecule has 0 spiro atoms. The number of nitrogens with one attached hydrogen (secondary N) is 1. The topological polar surface area (TPSA) is 77.2 Å². The zero-order valence-electron chi connectivity index (χ0n) is 8.24. The number of nitrogens with zero attached hydrogens (tertiary/aromatic N) is 2. The van der Waals surface area contributed by atoms with Gasteiger partial charge in [-0.25, -0.2) is 5.48 Å². The molecular weight excluding hydrogens is 186 g/mol. The number of aromatic nitrogens is 2. The van der Waals surface area contributed by atoms with Crippen LogP contribution in [0.25, 0.3) is 0 Å². The maximum Gasteiger partial charge on any atom is 0.244 e. The molecule has 0 atom stereocenters. The van der Waals surface area contributed by atoms with Gasteiger partial charge in [0, 0.05) is 12.8 Å². The standard InChI is InChI=1S/C8H13N3O3/c1-3-13-11-7(12)4-5-8-9-6(2)10-14-8/h3-5H2,1-2H3,(H,11,12). The van der Waals surface area contributed by atoms with Crippen LogP contribution in [-0.2, 0) is 16.1 Å². The molecule has 0 fully saturated rings. The highest BCUT2D eigenvalue weighted by Crippen LogP contribution is 1.99. The summed E-state index contributed by atoms with van der Waals surface area (Å²) < 4.78 is 4.84. The Morgan fingerprint density at radius 1 is 1.64 bits per heavy atom. The summed E-state index contributed by atoms with van der Waals surface area (Å²) in [5.41, 5.74) is 2.28. The van der Waals surface area contributed by atoms with Crippen LogP contribution in [-0.4, -0.2) is 22.7 Å². The minimum atomic E-state index is -0.192. The monoisotopic (exact) mass is 199 g/mol. The Bertz CT molecular complexity index is 298. The van der Waals surface area contributed by atoms with Gasteiger partial charge in [-0.05, 0) is 13.8 Å². The summed E-state index contributed by atoms with van der Waals surface area (Å²) in [6.07, 6.45) is 0.710. The normalized spacial score (nSPS) is 10.1. The quantitative estimate of drug-likeness (QED) is 0.693. The highest BCUT2D eigenvalue weighted by Gasteiger charge is 2.06. The molecular formula is C8H13N3O3. The van der Waals surface area contributed by atoms with Crippen molar-refractivity contribution in [2.24, 2.45) is 0 Å². The first kappa shape index (κ1) is 10.6. The van der Waals surface area contributed by atoms with Crippen molar-refractivity contribution in [3.8, 4) is 0 Å². The van der Waals surface area contributed by atoms with Crippen molar-refractivity contribution in [2.75, 3.05) is 6.61 Å². The average Bonchev–Trinajstić information content (AvgIpc) is 2.58. The molecule has 14 heavy (non-hydrogen) atoms. The summed E-state index contributed by atoms with van der Waals surface area (Å²) in [6, 6.07) is 0. The van der Waals surface area contributed by atoms with Crippen molar-refractivity contribution in [3.63, 3.8) is 0 Å². The summed E-state index contributed by atoms with van der Waals surface area (Å²) in [5, 5.41) is 3.61. The summed E-state index contributed by atoms with van der Waals surface area (Å²) in [7, 11) is 0. The Kier molecular flexibility index (Phi) is 4.06. The van der Waals surface area contributed by atoms with E-state index in [1.165, 1.54) is 0 Å². The van der Waals surface area contributed by atoms with Crippen LogP contribution in [0.4, 0.5) is 0 Å². The number of carbonyl (C=O) groups is 1. The highest BCUT2D eigenvalue weighted by atomic mass is 16.6. The molecule has 1 heterocycles. The molecule has 0 unspecified atom stereocenters. The minimum absolute atomic E-state index is 0.192. The lowest BCUT2D eigenvalue weighted by Gasteiger charge is -2.00. The van der Waals surface area contributed by atoms with Gasteiger partial charge in [0.05, 0.1) is 6.61 Å². The maximum absolute atomic E-state index is 11.1. The van der Waals surface area contributed by atoms with Crippen LogP contribution >= 0.6 is 0 Å². The van der Waals surface area contributed by atoms with Crippen LogP contribution in [0, 0.1) is 6.92 Å². The van der Waals surface area contributed by atoms with Crippen LogP contribution < -0.4 is 5.48 Å². The number of amides is 1. The van der Waals surface area contributed by atoms with Crippen molar-refractivity contribution in [1.82, 2.24) is 15.6 Å². The number of hydroxylamine groups is 1. The Labute approximate surface area is 81.6 Å². The van der Waals surface area contributed by atoms with Gasteiger partial charge in [0.1, 0.15) is 0 Å². The molecule has 0 aromatic carbocycles. The third-order valence-corrected chi connectivity index (χ3v) is 1.47. The Balaban J connectivity index is 2.23. The first-order chi connectivity index (χ1) is 6.72. The number of rotatable bonds is 5. The van der Waals surface area contributed by atoms with Crippen LogP contribution in [0.15, 0.2) is 4.52 Å². The molecule has 6 heteroatoms. The third-order valence-electron chi connectivity index (χ3n) is 1.47. The SMILES string of the molecule is CCONC(=O)CCc1nc(C)no1. The second kappa shape index (κ2) is 5.33. The van der Waals surface area contributed by atoms with Gasteiger partial charge in [0.2, 0.25) is 11.8 Å². The van der Waals surface area contributed by atoms with Crippen LogP contribution in [0.2, 0.25) is 0 Å². The lowest BCUT2D eigenvalue weighted by molar-refractivity contribution is -0.133. The van der Waals surface area contributed by atoms with E-state index in [2.05, 4.69) is 15.6 Å². The van der Waals surface area contributed by atoms with Gasteiger partial charge in [-0.2, -0.15) is 4.98 Å². The third kappa shape index (κ3) is 3.53. The van der Waals surface area contributed by atoms with Crippen LogP contribution in [0.1, 0.15) is 25.1 Å². The fourth-order valence-electron chi connectivity index (χ4n) is 0.866. The summed E-state index contributed by atoms with van der Waals surface area (Å²) >= 11 is 0. The zero-order chi connectivity index (χ0) is 10.4. The molecule has 0 radical (unpaired) electrons. The molecule has 1 amide bonds. The fraction of sp³-hybridized carbons (Fsp3) is 0.625. The van der Waals surface area contributed by atoms with Gasteiger partial charge < -0.3 is 4.52 Å². The van der Waals surface area contributed by atoms with E-state index < -0.39 is 0 Å². The van der Waals surface area contributed by atoms with Gasteiger partial charge in [-0.1, -0.05) is 5.16 Å². The molecule has 0 aliphatic rings. The molecule has 1 N–H and O–H groups in total. The number of aryl methyl sites for hydroxylation is 2. The van der Waals surface area contributed by atoms with Gasteiger partial charge in [-0.15, -0.1) is 0 Å². The van der Waals surface area contributed by atoms with E-state index in [1.807, 2.05) is 0 Å². The van der Waals surface area contributed by atoms with Crippen molar-refractivity contribution in [1.29, 1.82) is 0 Å². The van der Waals surface area contributed by atoms with Gasteiger partial charge in [0.25, 0.3) is 0 Å². The van der Waals surface area contributed by atoms with Gasteiger partial charge in [0.15, 0.2) is 5.82 Å². The first-order valence-corrected chi connectivity index (χ1v) is 4.42. The smallest absolute Gasteiger partial charge is 0.244 e. The molecule has 0 bridgehead atoms. The van der Waals surface area contributed by atoms with E-state index >= 15 is 0 Å². The van der Waals surface area contributed by atoms with Crippen LogP contribution in [0.3, 0.4) is 0 Å². The van der Waals surface area contributed by atoms with Crippen molar-refractivity contribution >= 4 is 5.91 Å². The molecule has 0 saturated heterocycles. The Morgan fingerprint density at radius 3 is 3.00 bits per heavy atom. The predicted octanol–water partition coefficient (Wildman–Crippen LogP) is 0.378. The molecule has 78 valence electrons. The first-order valence-electron chi connectivity index (χ1n) is 4.42. The van der Waals surface area contributed by atoms with Crippen LogP contribution in [0.5, 0.6) is 0 Å². The van der Waals surface area contributed by atoms with E-state index in [4.69, 9.17) is 9.36 Å². The molecule has 1 aromatic rings. The molecule has 0 aliphatic carbocycles. The molecule has 0 saturated carbocycles. The number of hydrogen-bond acceptors (Lipinski definition) is 5. The van der Waals surface area contributed by atoms with E-state index in [0.29, 0.717) is 24.7 Å². The second-order valence-electron chi connectivity index (χ2n) is 2.69.